The fraction of sp³-hybridized carbons (Fsp3) is 0. The molecule has 0 radical (unpaired) electrons. The number of anilines is 6. The minimum absolute atomic E-state index is 0.0417. The summed E-state index contributed by atoms with van der Waals surface area (Å²) >= 11 is 0. The highest BCUT2D eigenvalue weighted by molar-refractivity contribution is 5.33. The lowest BCUT2D eigenvalue weighted by atomic mass is 10.9. The Morgan fingerprint density at radius 3 is 1.06 bits per heavy atom. The van der Waals surface area contributed by atoms with Gasteiger partial charge < -0.3 is 34.4 Å². The summed E-state index contributed by atoms with van der Waals surface area (Å²) < 4.78 is 0. The molecular formula is C6H13N12+. The van der Waals surface area contributed by atoms with Crippen molar-refractivity contribution in [3.05, 3.63) is 0 Å². The van der Waals surface area contributed by atoms with Gasteiger partial charge in [0.05, 0.1) is 0 Å². The molecule has 0 aliphatic carbocycles. The average Bonchev–Trinajstić information content (AvgIpc) is 2.12. The monoisotopic (exact) mass is 253 g/mol. The van der Waals surface area contributed by atoms with Gasteiger partial charge in [0.25, 0.3) is 0 Å². The van der Waals surface area contributed by atoms with Crippen molar-refractivity contribution in [3.8, 4) is 0 Å². The topological polar surface area (TPSA) is 235 Å². The predicted octanol–water partition coefficient (Wildman–Crippen LogP) is -3.34. The van der Waals surface area contributed by atoms with E-state index >= 15 is 0 Å². The fourth-order valence-electron chi connectivity index (χ4n) is 0.886. The third-order valence-electron chi connectivity index (χ3n) is 1.41. The van der Waals surface area contributed by atoms with Crippen LogP contribution in [0.2, 0.25) is 0 Å². The van der Waals surface area contributed by atoms with Gasteiger partial charge in [0.2, 0.25) is 17.8 Å². The van der Waals surface area contributed by atoms with Gasteiger partial charge in [-0.3, -0.25) is 0 Å². The summed E-state index contributed by atoms with van der Waals surface area (Å²) in [6.45, 7) is 0. The van der Waals surface area contributed by atoms with Crippen LogP contribution in [0, 0.1) is 0 Å². The Labute approximate surface area is 101 Å². The number of nitrogens with two attached hydrogens (primary N) is 6. The largest absolute Gasteiger partial charge is 0.368 e. The summed E-state index contributed by atoms with van der Waals surface area (Å²) in [7, 11) is 0. The first-order valence-corrected chi connectivity index (χ1v) is 4.47. The van der Waals surface area contributed by atoms with E-state index in [2.05, 4.69) is 29.9 Å². The maximum Gasteiger partial charge on any atom is 0.320 e. The molecule has 0 saturated carbocycles. The van der Waals surface area contributed by atoms with Gasteiger partial charge in [-0.05, 0) is 0 Å². The second-order valence-electron chi connectivity index (χ2n) is 2.89. The zero-order chi connectivity index (χ0) is 13.7. The van der Waals surface area contributed by atoms with Crippen LogP contribution in [0.25, 0.3) is 0 Å². The zero-order valence-electron chi connectivity index (χ0n) is 9.20. The van der Waals surface area contributed by atoms with Crippen LogP contribution in [0.3, 0.4) is 0 Å². The van der Waals surface area contributed by atoms with Crippen LogP contribution < -0.4 is 39.4 Å². The van der Waals surface area contributed by atoms with Crippen molar-refractivity contribution >= 4 is 35.7 Å². The van der Waals surface area contributed by atoms with Crippen molar-refractivity contribution in [3.63, 3.8) is 0 Å². The SMILES string of the molecule is Nc1nc(N)[nH+]c(N)n1.Nc1nc(N)nc(N)n1. The maximum atomic E-state index is 5.19. The molecule has 0 aliphatic heterocycles. The molecule has 0 atom stereocenters. The maximum absolute atomic E-state index is 5.19. The summed E-state index contributed by atoms with van der Waals surface area (Å²) in [4.78, 5) is 20.0. The van der Waals surface area contributed by atoms with Gasteiger partial charge in [-0.25, -0.2) is 4.98 Å². The number of hydrogen-bond acceptors (Lipinski definition) is 11. The molecule has 12 heteroatoms. The van der Waals surface area contributed by atoms with Gasteiger partial charge in [0.15, 0.2) is 0 Å². The summed E-state index contributed by atoms with van der Waals surface area (Å²) in [5.41, 5.74) is 31.0. The Kier molecular flexibility index (Phi) is 3.75. The van der Waals surface area contributed by atoms with E-state index in [9.17, 15) is 0 Å². The van der Waals surface area contributed by atoms with E-state index in [1.165, 1.54) is 0 Å². The Bertz CT molecular complexity index is 388. The zero-order valence-corrected chi connectivity index (χ0v) is 9.20. The van der Waals surface area contributed by atoms with Crippen LogP contribution in [0.5, 0.6) is 0 Å². The lowest BCUT2D eigenvalue weighted by molar-refractivity contribution is -0.350. The molecule has 12 nitrogen and oxygen atoms in total. The molecule has 0 amide bonds. The third kappa shape index (κ3) is 4.13. The lowest BCUT2D eigenvalue weighted by Crippen LogP contribution is -2.20. The molecule has 2 rings (SSSR count). The molecule has 0 saturated heterocycles. The van der Waals surface area contributed by atoms with Gasteiger partial charge in [0, 0.05) is 0 Å². The smallest absolute Gasteiger partial charge is 0.320 e. The van der Waals surface area contributed by atoms with E-state index in [0.717, 1.165) is 0 Å². The first-order chi connectivity index (χ1) is 8.36. The van der Waals surface area contributed by atoms with Crippen LogP contribution in [0.4, 0.5) is 35.7 Å². The van der Waals surface area contributed by atoms with E-state index in [-0.39, 0.29) is 35.7 Å². The number of nitrogens with one attached hydrogen (secondary N) is 1. The van der Waals surface area contributed by atoms with Crippen molar-refractivity contribution in [2.45, 2.75) is 0 Å². The van der Waals surface area contributed by atoms with Crippen LogP contribution >= 0.6 is 0 Å². The number of rotatable bonds is 0. The highest BCUT2D eigenvalue weighted by Gasteiger charge is 2.01. The first kappa shape index (κ1) is 12.9. The quantitative estimate of drug-likeness (QED) is 0.271. The van der Waals surface area contributed by atoms with Crippen molar-refractivity contribution in [2.24, 2.45) is 0 Å². The highest BCUT2D eigenvalue weighted by Crippen LogP contribution is 1.97. The summed E-state index contributed by atoms with van der Waals surface area (Å²) in [5, 5.41) is 0. The van der Waals surface area contributed by atoms with Crippen molar-refractivity contribution in [1.82, 2.24) is 24.9 Å². The van der Waals surface area contributed by atoms with Gasteiger partial charge in [-0.1, -0.05) is 9.97 Å². The molecule has 13 N–H and O–H groups in total. The van der Waals surface area contributed by atoms with E-state index < -0.39 is 0 Å². The van der Waals surface area contributed by atoms with Crippen LogP contribution in [-0.2, 0) is 0 Å². The summed E-state index contributed by atoms with van der Waals surface area (Å²) in [5.74, 6) is 0.531. The molecular weight excluding hydrogens is 240 g/mol. The van der Waals surface area contributed by atoms with Gasteiger partial charge in [-0.15, -0.1) is 0 Å². The van der Waals surface area contributed by atoms with Gasteiger partial charge in [-0.2, -0.15) is 15.0 Å². The molecule has 0 unspecified atom stereocenters. The van der Waals surface area contributed by atoms with Gasteiger partial charge >= 0.3 is 17.8 Å². The van der Waals surface area contributed by atoms with Crippen molar-refractivity contribution in [1.29, 1.82) is 0 Å². The van der Waals surface area contributed by atoms with E-state index in [1.807, 2.05) is 0 Å². The second kappa shape index (κ2) is 5.24. The van der Waals surface area contributed by atoms with Crippen molar-refractivity contribution < 1.29 is 4.98 Å². The van der Waals surface area contributed by atoms with Crippen LogP contribution in [0.15, 0.2) is 0 Å². The van der Waals surface area contributed by atoms with Crippen molar-refractivity contribution in [2.75, 3.05) is 34.4 Å². The molecule has 2 aromatic rings. The van der Waals surface area contributed by atoms with E-state index in [0.29, 0.717) is 0 Å². The number of nitrogen functional groups attached to an aromatic ring is 6. The lowest BCUT2D eigenvalue weighted by Gasteiger charge is -1.93. The Hall–Kier alpha value is -3.18. The second-order valence-corrected chi connectivity index (χ2v) is 2.89. The molecule has 0 aliphatic rings. The van der Waals surface area contributed by atoms with Crippen LogP contribution in [-0.4, -0.2) is 24.9 Å². The molecule has 96 valence electrons. The molecule has 0 bridgehead atoms. The minimum Gasteiger partial charge on any atom is -0.368 e. The standard InChI is InChI=1S/2C3H6N6/c2*4-1-7-2(5)9-3(6)8-1/h2*(H6,4,5,6,7,8,9)/p+1. The number of H-pyrrole nitrogens is 1. The molecule has 0 aromatic carbocycles. The van der Waals surface area contributed by atoms with Crippen LogP contribution in [0.1, 0.15) is 0 Å². The predicted molar refractivity (Wildman–Crippen MR) is 64.9 cm³/mol. The Balaban J connectivity index is 0.000000180. The minimum atomic E-state index is 0.0417. The summed E-state index contributed by atoms with van der Waals surface area (Å²) in [6.07, 6.45) is 0. The molecule has 2 heterocycles. The Morgan fingerprint density at radius 2 is 0.778 bits per heavy atom. The number of nitrogens with zero attached hydrogens (tertiary/aromatic N) is 5. The van der Waals surface area contributed by atoms with E-state index in [4.69, 9.17) is 34.4 Å². The molecule has 18 heavy (non-hydrogen) atoms. The van der Waals surface area contributed by atoms with Gasteiger partial charge in [0.1, 0.15) is 0 Å². The molecule has 0 spiro atoms. The molecule has 2 aromatic heterocycles. The Morgan fingerprint density at radius 1 is 0.500 bits per heavy atom. The number of hydrogen-bond donors (Lipinski definition) is 6. The number of aromatic nitrogens is 6. The first-order valence-electron chi connectivity index (χ1n) is 4.47. The van der Waals surface area contributed by atoms with E-state index in [1.54, 1.807) is 0 Å². The normalized spacial score (nSPS) is 9.33. The molecule has 0 fully saturated rings. The fourth-order valence-corrected chi connectivity index (χ4v) is 0.886. The summed E-state index contributed by atoms with van der Waals surface area (Å²) in [6, 6.07) is 0. The average molecular weight is 253 g/mol. The highest BCUT2D eigenvalue weighted by atomic mass is 15.2. The third-order valence-corrected chi connectivity index (χ3v) is 1.41. The number of aromatic amines is 1.